The summed E-state index contributed by atoms with van der Waals surface area (Å²) in [5.74, 6) is 2.05. The molecule has 1 atom stereocenters. The Labute approximate surface area is 117 Å². The van der Waals surface area contributed by atoms with Gasteiger partial charge in [-0.05, 0) is 43.9 Å². The number of ether oxygens (including phenoxy) is 1. The normalized spacial score (nSPS) is 23.1. The lowest BCUT2D eigenvalue weighted by Gasteiger charge is -2.18. The standard InChI is InChI=1S/C15H20BrNO/c16-12-5-6-13-14(17-8-7-11-3-4-11)2-1-9-18-15(13)10-12/h5-6,10-11,14,17H,1-4,7-9H2. The molecule has 1 aromatic rings. The van der Waals surface area contributed by atoms with Crippen molar-refractivity contribution in [2.24, 2.45) is 5.92 Å². The molecule has 3 rings (SSSR count). The average molecular weight is 310 g/mol. The minimum Gasteiger partial charge on any atom is -0.493 e. The van der Waals surface area contributed by atoms with Gasteiger partial charge in [-0.2, -0.15) is 0 Å². The van der Waals surface area contributed by atoms with Gasteiger partial charge in [0, 0.05) is 16.1 Å². The van der Waals surface area contributed by atoms with E-state index >= 15 is 0 Å². The smallest absolute Gasteiger partial charge is 0.125 e. The Morgan fingerprint density at radius 1 is 1.28 bits per heavy atom. The third kappa shape index (κ3) is 3.07. The molecule has 98 valence electrons. The van der Waals surface area contributed by atoms with Crippen molar-refractivity contribution in [3.8, 4) is 5.75 Å². The predicted molar refractivity (Wildman–Crippen MR) is 77.0 cm³/mol. The second-order valence-corrected chi connectivity index (χ2v) is 6.33. The summed E-state index contributed by atoms with van der Waals surface area (Å²) < 4.78 is 6.93. The van der Waals surface area contributed by atoms with E-state index in [9.17, 15) is 0 Å². The van der Waals surface area contributed by atoms with Crippen LogP contribution < -0.4 is 10.1 Å². The number of rotatable bonds is 4. The largest absolute Gasteiger partial charge is 0.493 e. The van der Waals surface area contributed by atoms with Crippen molar-refractivity contribution < 1.29 is 4.74 Å². The van der Waals surface area contributed by atoms with Crippen molar-refractivity contribution in [1.29, 1.82) is 0 Å². The second kappa shape index (κ2) is 5.62. The highest BCUT2D eigenvalue weighted by atomic mass is 79.9. The highest BCUT2D eigenvalue weighted by molar-refractivity contribution is 9.10. The molecule has 0 aromatic heterocycles. The first-order valence-electron chi connectivity index (χ1n) is 6.98. The summed E-state index contributed by atoms with van der Waals surface area (Å²) in [5.41, 5.74) is 1.33. The van der Waals surface area contributed by atoms with Crippen LogP contribution in [0.5, 0.6) is 5.75 Å². The Balaban J connectivity index is 1.69. The summed E-state index contributed by atoms with van der Waals surface area (Å²) in [4.78, 5) is 0. The first-order valence-corrected chi connectivity index (χ1v) is 7.78. The SMILES string of the molecule is Brc1ccc2c(c1)OCCCC2NCCC1CC1. The molecule has 1 aliphatic carbocycles. The van der Waals surface area contributed by atoms with Crippen LogP contribution in [0, 0.1) is 5.92 Å². The molecule has 1 saturated carbocycles. The molecule has 0 bridgehead atoms. The van der Waals surface area contributed by atoms with Crippen molar-refractivity contribution in [2.75, 3.05) is 13.2 Å². The van der Waals surface area contributed by atoms with Crippen LogP contribution in [0.3, 0.4) is 0 Å². The van der Waals surface area contributed by atoms with Crippen molar-refractivity contribution >= 4 is 15.9 Å². The highest BCUT2D eigenvalue weighted by Crippen LogP contribution is 2.35. The summed E-state index contributed by atoms with van der Waals surface area (Å²) in [6, 6.07) is 6.87. The zero-order valence-electron chi connectivity index (χ0n) is 10.6. The minimum absolute atomic E-state index is 0.467. The van der Waals surface area contributed by atoms with Crippen LogP contribution in [-0.4, -0.2) is 13.2 Å². The molecule has 1 heterocycles. The third-order valence-corrected chi connectivity index (χ3v) is 4.38. The molecule has 0 amide bonds. The minimum atomic E-state index is 0.467. The van der Waals surface area contributed by atoms with Gasteiger partial charge in [-0.1, -0.05) is 34.8 Å². The second-order valence-electron chi connectivity index (χ2n) is 5.41. The van der Waals surface area contributed by atoms with Gasteiger partial charge in [-0.15, -0.1) is 0 Å². The zero-order chi connectivity index (χ0) is 12.4. The molecule has 2 nitrogen and oxygen atoms in total. The summed E-state index contributed by atoms with van der Waals surface area (Å²) in [7, 11) is 0. The third-order valence-electron chi connectivity index (χ3n) is 3.89. The molecule has 3 heteroatoms. The van der Waals surface area contributed by atoms with Crippen LogP contribution in [0.15, 0.2) is 22.7 Å². The van der Waals surface area contributed by atoms with Crippen LogP contribution in [0.4, 0.5) is 0 Å². The van der Waals surface area contributed by atoms with E-state index in [4.69, 9.17) is 4.74 Å². The van der Waals surface area contributed by atoms with Gasteiger partial charge in [0.05, 0.1) is 6.61 Å². The van der Waals surface area contributed by atoms with Crippen LogP contribution in [0.25, 0.3) is 0 Å². The quantitative estimate of drug-likeness (QED) is 0.906. The number of hydrogen-bond donors (Lipinski definition) is 1. The van der Waals surface area contributed by atoms with Crippen molar-refractivity contribution in [1.82, 2.24) is 5.32 Å². The maximum absolute atomic E-state index is 5.83. The van der Waals surface area contributed by atoms with Gasteiger partial charge in [0.2, 0.25) is 0 Å². The van der Waals surface area contributed by atoms with Crippen molar-refractivity contribution in [2.45, 2.75) is 38.1 Å². The molecule has 1 aromatic carbocycles. The summed E-state index contributed by atoms with van der Waals surface area (Å²) >= 11 is 3.52. The lowest BCUT2D eigenvalue weighted by Crippen LogP contribution is -2.22. The van der Waals surface area contributed by atoms with E-state index in [-0.39, 0.29) is 0 Å². The van der Waals surface area contributed by atoms with Gasteiger partial charge >= 0.3 is 0 Å². The highest BCUT2D eigenvalue weighted by Gasteiger charge is 2.23. The van der Waals surface area contributed by atoms with E-state index in [0.717, 1.165) is 35.7 Å². The van der Waals surface area contributed by atoms with Gasteiger partial charge in [0.1, 0.15) is 5.75 Å². The van der Waals surface area contributed by atoms with Crippen LogP contribution in [0.1, 0.15) is 43.7 Å². The molecule has 0 saturated heterocycles. The number of halogens is 1. The Morgan fingerprint density at radius 3 is 3.00 bits per heavy atom. The van der Waals surface area contributed by atoms with Crippen LogP contribution in [0.2, 0.25) is 0 Å². The van der Waals surface area contributed by atoms with Crippen LogP contribution in [-0.2, 0) is 0 Å². The lowest BCUT2D eigenvalue weighted by atomic mass is 10.0. The van der Waals surface area contributed by atoms with E-state index < -0.39 is 0 Å². The number of benzene rings is 1. The van der Waals surface area contributed by atoms with Gasteiger partial charge in [-0.25, -0.2) is 0 Å². The molecule has 18 heavy (non-hydrogen) atoms. The molecular weight excluding hydrogens is 290 g/mol. The fourth-order valence-corrected chi connectivity index (χ4v) is 2.97. The Hall–Kier alpha value is -0.540. The fraction of sp³-hybridized carbons (Fsp3) is 0.600. The molecular formula is C15H20BrNO. The van der Waals surface area contributed by atoms with Crippen LogP contribution >= 0.6 is 15.9 Å². The zero-order valence-corrected chi connectivity index (χ0v) is 12.2. The van der Waals surface area contributed by atoms with Crippen molar-refractivity contribution in [3.05, 3.63) is 28.2 Å². The topological polar surface area (TPSA) is 21.3 Å². The van der Waals surface area contributed by atoms with Gasteiger partial charge in [-0.3, -0.25) is 0 Å². The number of hydrogen-bond acceptors (Lipinski definition) is 2. The Bertz CT molecular complexity index is 417. The Kier molecular flexibility index (Phi) is 3.90. The summed E-state index contributed by atoms with van der Waals surface area (Å²) in [6.45, 7) is 1.98. The lowest BCUT2D eigenvalue weighted by molar-refractivity contribution is 0.315. The summed E-state index contributed by atoms with van der Waals surface area (Å²) in [6.07, 6.45) is 6.54. The molecule has 0 spiro atoms. The molecule has 1 fully saturated rings. The number of fused-ring (bicyclic) bond motifs is 1. The predicted octanol–water partition coefficient (Wildman–Crippen LogP) is 4.05. The molecule has 0 radical (unpaired) electrons. The molecule has 1 aliphatic heterocycles. The summed E-state index contributed by atoms with van der Waals surface area (Å²) in [5, 5.41) is 3.71. The van der Waals surface area contributed by atoms with E-state index in [1.54, 1.807) is 0 Å². The monoisotopic (exact) mass is 309 g/mol. The van der Waals surface area contributed by atoms with Gasteiger partial charge < -0.3 is 10.1 Å². The fourth-order valence-electron chi connectivity index (χ4n) is 2.63. The van der Waals surface area contributed by atoms with Crippen molar-refractivity contribution in [3.63, 3.8) is 0 Å². The molecule has 1 unspecified atom stereocenters. The van der Waals surface area contributed by atoms with Gasteiger partial charge in [0.15, 0.2) is 0 Å². The van der Waals surface area contributed by atoms with E-state index in [1.165, 1.54) is 31.2 Å². The van der Waals surface area contributed by atoms with E-state index in [1.807, 2.05) is 0 Å². The Morgan fingerprint density at radius 2 is 2.17 bits per heavy atom. The number of nitrogens with one attached hydrogen (secondary N) is 1. The maximum Gasteiger partial charge on any atom is 0.125 e. The van der Waals surface area contributed by atoms with E-state index in [2.05, 4.69) is 39.4 Å². The van der Waals surface area contributed by atoms with E-state index in [0.29, 0.717) is 6.04 Å². The first kappa shape index (κ1) is 12.5. The molecule has 2 aliphatic rings. The maximum atomic E-state index is 5.83. The first-order chi connectivity index (χ1) is 8.83. The molecule has 1 N–H and O–H groups in total. The average Bonchev–Trinajstić information content (AvgIpc) is 3.17. The van der Waals surface area contributed by atoms with Gasteiger partial charge in [0.25, 0.3) is 0 Å².